The van der Waals surface area contributed by atoms with E-state index in [0.717, 1.165) is 25.3 Å². The highest BCUT2D eigenvalue weighted by molar-refractivity contribution is 5.46. The Labute approximate surface area is 98.0 Å². The van der Waals surface area contributed by atoms with Crippen LogP contribution >= 0.6 is 0 Å². The highest BCUT2D eigenvalue weighted by Gasteiger charge is 2.27. The van der Waals surface area contributed by atoms with Gasteiger partial charge in [0, 0.05) is 38.3 Å². The molecule has 4 heteroatoms. The van der Waals surface area contributed by atoms with Gasteiger partial charge in [0.25, 0.3) is 0 Å². The molecule has 1 saturated heterocycles. The highest BCUT2D eigenvalue weighted by Crippen LogP contribution is 2.23. The number of carbonyl (C=O) groups is 1. The maximum atomic E-state index is 10.4. The molecule has 16 heavy (non-hydrogen) atoms. The Morgan fingerprint density at radius 1 is 1.06 bits per heavy atom. The van der Waals surface area contributed by atoms with Crippen molar-refractivity contribution in [3.63, 3.8) is 0 Å². The lowest BCUT2D eigenvalue weighted by atomic mass is 9.90. The van der Waals surface area contributed by atoms with Crippen molar-refractivity contribution in [1.29, 1.82) is 0 Å². The zero-order chi connectivity index (χ0) is 11.4. The van der Waals surface area contributed by atoms with Gasteiger partial charge in [-0.2, -0.15) is 0 Å². The van der Waals surface area contributed by atoms with Gasteiger partial charge >= 0.3 is 0 Å². The molecule has 0 aromatic rings. The van der Waals surface area contributed by atoms with Crippen molar-refractivity contribution < 1.29 is 4.79 Å². The van der Waals surface area contributed by atoms with Gasteiger partial charge in [-0.3, -0.25) is 9.69 Å². The normalized spacial score (nSPS) is 33.6. The van der Waals surface area contributed by atoms with Gasteiger partial charge in [-0.05, 0) is 32.7 Å². The lowest BCUT2D eigenvalue weighted by Crippen LogP contribution is -2.50. The van der Waals surface area contributed by atoms with Crippen LogP contribution in [-0.4, -0.2) is 61.5 Å². The number of carbonyl (C=O) groups excluding carboxylic acids is 1. The van der Waals surface area contributed by atoms with Crippen molar-refractivity contribution in [2.45, 2.75) is 37.8 Å². The maximum absolute atomic E-state index is 10.4. The topological polar surface area (TPSA) is 35.6 Å². The van der Waals surface area contributed by atoms with Gasteiger partial charge in [0.1, 0.15) is 0 Å². The summed E-state index contributed by atoms with van der Waals surface area (Å²) in [5.74, 6) is 0. The largest absolute Gasteiger partial charge is 0.356 e. The highest BCUT2D eigenvalue weighted by atomic mass is 16.1. The number of piperazine rings is 1. The predicted molar refractivity (Wildman–Crippen MR) is 64.3 cm³/mol. The van der Waals surface area contributed by atoms with Crippen LogP contribution in [0.4, 0.5) is 0 Å². The third kappa shape index (κ3) is 2.95. The lowest BCUT2D eigenvalue weighted by molar-refractivity contribution is -0.110. The molecule has 0 radical (unpaired) electrons. The minimum Gasteiger partial charge on any atom is -0.356 e. The molecule has 0 atom stereocenters. The molecule has 92 valence electrons. The third-order valence-corrected chi connectivity index (χ3v) is 4.05. The summed E-state index contributed by atoms with van der Waals surface area (Å²) in [5.41, 5.74) is 0. The molecule has 1 aliphatic heterocycles. The summed E-state index contributed by atoms with van der Waals surface area (Å²) in [5, 5.41) is 2.91. The first-order chi connectivity index (χ1) is 7.79. The van der Waals surface area contributed by atoms with Crippen LogP contribution in [0.5, 0.6) is 0 Å². The van der Waals surface area contributed by atoms with Crippen molar-refractivity contribution in [2.24, 2.45) is 0 Å². The molecular formula is C12H23N3O. The number of rotatable bonds is 3. The minimum absolute atomic E-state index is 0.432. The average molecular weight is 225 g/mol. The van der Waals surface area contributed by atoms with E-state index < -0.39 is 0 Å². The standard InChI is InChI=1S/C12H23N3O/c1-14-6-8-15(9-7-14)12-4-2-11(3-5-12)13-10-16/h10-12H,2-9H2,1H3,(H,13,16). The van der Waals surface area contributed by atoms with Crippen molar-refractivity contribution in [2.75, 3.05) is 33.2 Å². The van der Waals surface area contributed by atoms with Gasteiger partial charge in [-0.25, -0.2) is 0 Å². The SMILES string of the molecule is CN1CCN(C2CCC(NC=O)CC2)CC1. The second kappa shape index (κ2) is 5.64. The quantitative estimate of drug-likeness (QED) is 0.701. The van der Waals surface area contributed by atoms with Crippen LogP contribution < -0.4 is 5.32 Å². The molecule has 1 amide bonds. The zero-order valence-electron chi connectivity index (χ0n) is 10.2. The van der Waals surface area contributed by atoms with Crippen LogP contribution in [0.2, 0.25) is 0 Å². The molecule has 1 N–H and O–H groups in total. The van der Waals surface area contributed by atoms with Gasteiger partial charge < -0.3 is 10.2 Å². The van der Waals surface area contributed by atoms with Gasteiger partial charge in [-0.1, -0.05) is 0 Å². The first-order valence-electron chi connectivity index (χ1n) is 6.42. The van der Waals surface area contributed by atoms with Crippen LogP contribution in [0, 0.1) is 0 Å². The number of hydrogen-bond donors (Lipinski definition) is 1. The van der Waals surface area contributed by atoms with Gasteiger partial charge in [0.2, 0.25) is 6.41 Å². The van der Waals surface area contributed by atoms with Gasteiger partial charge in [0.05, 0.1) is 0 Å². The van der Waals surface area contributed by atoms with E-state index in [2.05, 4.69) is 22.2 Å². The first-order valence-corrected chi connectivity index (χ1v) is 6.42. The number of amides is 1. The molecule has 0 aromatic heterocycles. The summed E-state index contributed by atoms with van der Waals surface area (Å²) in [7, 11) is 2.20. The van der Waals surface area contributed by atoms with Gasteiger partial charge in [0.15, 0.2) is 0 Å². The molecular weight excluding hydrogens is 202 g/mol. The molecule has 1 aliphatic carbocycles. The summed E-state index contributed by atoms with van der Waals surface area (Å²) >= 11 is 0. The number of nitrogens with one attached hydrogen (secondary N) is 1. The van der Waals surface area contributed by atoms with Crippen LogP contribution in [0.15, 0.2) is 0 Å². The molecule has 4 nitrogen and oxygen atoms in total. The summed E-state index contributed by atoms with van der Waals surface area (Å²) < 4.78 is 0. The molecule has 1 saturated carbocycles. The molecule has 0 bridgehead atoms. The molecule has 2 rings (SSSR count). The third-order valence-electron chi connectivity index (χ3n) is 4.05. The molecule has 2 fully saturated rings. The maximum Gasteiger partial charge on any atom is 0.207 e. The second-order valence-corrected chi connectivity index (χ2v) is 5.13. The Bertz CT molecular complexity index is 218. The molecule has 2 aliphatic rings. The fourth-order valence-corrected chi connectivity index (χ4v) is 2.89. The van der Waals surface area contributed by atoms with E-state index in [1.165, 1.54) is 39.0 Å². The lowest BCUT2D eigenvalue weighted by Gasteiger charge is -2.41. The van der Waals surface area contributed by atoms with Crippen molar-refractivity contribution in [3.05, 3.63) is 0 Å². The second-order valence-electron chi connectivity index (χ2n) is 5.13. The van der Waals surface area contributed by atoms with E-state index in [0.29, 0.717) is 6.04 Å². The van der Waals surface area contributed by atoms with Crippen molar-refractivity contribution in [3.8, 4) is 0 Å². The smallest absolute Gasteiger partial charge is 0.207 e. The van der Waals surface area contributed by atoms with E-state index in [-0.39, 0.29) is 0 Å². The Kier molecular flexibility index (Phi) is 4.18. The predicted octanol–water partition coefficient (Wildman–Crippen LogP) is 0.291. The van der Waals surface area contributed by atoms with E-state index in [1.54, 1.807) is 0 Å². The number of likely N-dealkylation sites (N-methyl/N-ethyl adjacent to an activating group) is 1. The Balaban J connectivity index is 1.74. The van der Waals surface area contributed by atoms with Gasteiger partial charge in [-0.15, -0.1) is 0 Å². The summed E-state index contributed by atoms with van der Waals surface area (Å²) in [6.07, 6.45) is 5.64. The van der Waals surface area contributed by atoms with E-state index in [9.17, 15) is 4.79 Å². The van der Waals surface area contributed by atoms with Crippen LogP contribution in [-0.2, 0) is 4.79 Å². The molecule has 0 aromatic carbocycles. The Morgan fingerprint density at radius 3 is 2.25 bits per heavy atom. The number of hydrogen-bond acceptors (Lipinski definition) is 3. The minimum atomic E-state index is 0.432. The fourth-order valence-electron chi connectivity index (χ4n) is 2.89. The Hall–Kier alpha value is -0.610. The van der Waals surface area contributed by atoms with Crippen molar-refractivity contribution >= 4 is 6.41 Å². The average Bonchev–Trinajstić information content (AvgIpc) is 2.32. The first kappa shape index (κ1) is 11.9. The summed E-state index contributed by atoms with van der Waals surface area (Å²) in [6.45, 7) is 4.83. The van der Waals surface area contributed by atoms with Crippen LogP contribution in [0.25, 0.3) is 0 Å². The fraction of sp³-hybridized carbons (Fsp3) is 0.917. The molecule has 1 heterocycles. The van der Waals surface area contributed by atoms with Crippen molar-refractivity contribution in [1.82, 2.24) is 15.1 Å². The molecule has 0 unspecified atom stereocenters. The Morgan fingerprint density at radius 2 is 1.69 bits per heavy atom. The zero-order valence-corrected chi connectivity index (χ0v) is 10.2. The number of nitrogens with zero attached hydrogens (tertiary/aromatic N) is 2. The molecule has 0 spiro atoms. The van der Waals surface area contributed by atoms with E-state index in [1.807, 2.05) is 0 Å². The van der Waals surface area contributed by atoms with Crippen LogP contribution in [0.3, 0.4) is 0 Å². The summed E-state index contributed by atoms with van der Waals surface area (Å²) in [6, 6.07) is 1.19. The summed E-state index contributed by atoms with van der Waals surface area (Å²) in [4.78, 5) is 15.4. The van der Waals surface area contributed by atoms with E-state index >= 15 is 0 Å². The van der Waals surface area contributed by atoms with Crippen LogP contribution in [0.1, 0.15) is 25.7 Å². The van der Waals surface area contributed by atoms with E-state index in [4.69, 9.17) is 0 Å². The monoisotopic (exact) mass is 225 g/mol.